The monoisotopic (exact) mass is 288 g/mol. The van der Waals surface area contributed by atoms with Gasteiger partial charge in [0.1, 0.15) is 5.54 Å². The van der Waals surface area contributed by atoms with Crippen molar-refractivity contribution in [3.8, 4) is 0 Å². The average Bonchev–Trinajstić information content (AvgIpc) is 3.25. The summed E-state index contributed by atoms with van der Waals surface area (Å²) >= 11 is 0. The Hall–Kier alpha value is -1.39. The highest BCUT2D eigenvalue weighted by atomic mass is 16.4. The van der Waals surface area contributed by atoms with Gasteiger partial charge in [-0.15, -0.1) is 0 Å². The molecule has 2 unspecified atom stereocenters. The molecule has 1 N–H and O–H groups in total. The van der Waals surface area contributed by atoms with Gasteiger partial charge in [0, 0.05) is 32.7 Å². The van der Waals surface area contributed by atoms with Gasteiger partial charge < -0.3 is 5.11 Å². The van der Waals surface area contributed by atoms with Gasteiger partial charge in [-0.25, -0.2) is 0 Å². The number of carboxylic acids is 1. The number of hydrogen-bond acceptors (Lipinski definition) is 3. The first-order chi connectivity index (χ1) is 10.2. The summed E-state index contributed by atoms with van der Waals surface area (Å²) in [5.74, 6) is -0.276. The molecule has 0 bridgehead atoms. The lowest BCUT2D eigenvalue weighted by Crippen LogP contribution is -2.54. The second-order valence-electron chi connectivity index (χ2n) is 6.29. The number of aliphatic carboxylic acids is 1. The van der Waals surface area contributed by atoms with Crippen LogP contribution in [-0.4, -0.2) is 52.6 Å². The fourth-order valence-electron chi connectivity index (χ4n) is 3.73. The summed E-state index contributed by atoms with van der Waals surface area (Å²) in [5, 5.41) is 9.60. The second-order valence-corrected chi connectivity index (χ2v) is 6.29. The smallest absolute Gasteiger partial charge is 0.324 e. The van der Waals surface area contributed by atoms with E-state index in [1.54, 1.807) is 0 Å². The fraction of sp³-hybridized carbons (Fsp3) is 0.588. The van der Waals surface area contributed by atoms with E-state index in [9.17, 15) is 9.90 Å². The predicted molar refractivity (Wildman–Crippen MR) is 82.1 cm³/mol. The summed E-state index contributed by atoms with van der Waals surface area (Å²) in [4.78, 5) is 16.3. The Labute approximate surface area is 126 Å². The van der Waals surface area contributed by atoms with Crippen molar-refractivity contribution >= 4 is 5.97 Å². The van der Waals surface area contributed by atoms with Crippen LogP contribution in [0.15, 0.2) is 30.3 Å². The molecule has 2 aliphatic rings. The maximum atomic E-state index is 11.7. The lowest BCUT2D eigenvalue weighted by Gasteiger charge is -2.38. The predicted octanol–water partition coefficient (Wildman–Crippen LogP) is 2.06. The quantitative estimate of drug-likeness (QED) is 0.900. The van der Waals surface area contributed by atoms with Crippen LogP contribution in [0.2, 0.25) is 0 Å². The zero-order chi connectivity index (χ0) is 14.9. The van der Waals surface area contributed by atoms with Crippen molar-refractivity contribution in [2.24, 2.45) is 5.92 Å². The Kier molecular flexibility index (Phi) is 4.00. The van der Waals surface area contributed by atoms with E-state index in [1.807, 2.05) is 6.07 Å². The molecular formula is C17H24N2O2. The van der Waals surface area contributed by atoms with Gasteiger partial charge in [0.15, 0.2) is 0 Å². The van der Waals surface area contributed by atoms with E-state index in [1.165, 1.54) is 5.56 Å². The van der Waals surface area contributed by atoms with Crippen LogP contribution >= 0.6 is 0 Å². The molecule has 114 valence electrons. The first kappa shape index (κ1) is 14.5. The number of nitrogens with zero attached hydrogens (tertiary/aromatic N) is 2. The van der Waals surface area contributed by atoms with E-state index in [4.69, 9.17) is 0 Å². The molecule has 1 aliphatic carbocycles. The summed E-state index contributed by atoms with van der Waals surface area (Å²) < 4.78 is 0. The van der Waals surface area contributed by atoms with Crippen LogP contribution in [0.3, 0.4) is 0 Å². The van der Waals surface area contributed by atoms with E-state index in [2.05, 4.69) is 41.0 Å². The second kappa shape index (κ2) is 5.78. The number of carbonyl (C=O) groups is 1. The third-order valence-electron chi connectivity index (χ3n) is 5.12. The molecule has 1 aromatic carbocycles. The van der Waals surface area contributed by atoms with Gasteiger partial charge in [0.25, 0.3) is 0 Å². The summed E-state index contributed by atoms with van der Waals surface area (Å²) in [7, 11) is 0. The molecule has 0 aromatic heterocycles. The van der Waals surface area contributed by atoms with Crippen LogP contribution in [0.25, 0.3) is 0 Å². The molecule has 1 aliphatic heterocycles. The molecule has 1 aromatic rings. The van der Waals surface area contributed by atoms with Crippen molar-refractivity contribution in [3.05, 3.63) is 35.9 Å². The molecule has 1 heterocycles. The zero-order valence-electron chi connectivity index (χ0n) is 12.7. The zero-order valence-corrected chi connectivity index (χ0v) is 12.7. The van der Waals surface area contributed by atoms with Gasteiger partial charge in [0.05, 0.1) is 0 Å². The Morgan fingerprint density at radius 2 is 1.90 bits per heavy atom. The highest BCUT2D eigenvalue weighted by Gasteiger charge is 2.63. The first-order valence-electron chi connectivity index (χ1n) is 7.91. The molecule has 4 heteroatoms. The van der Waals surface area contributed by atoms with Crippen LogP contribution in [0.5, 0.6) is 0 Å². The Morgan fingerprint density at radius 1 is 1.24 bits per heavy atom. The van der Waals surface area contributed by atoms with E-state index in [-0.39, 0.29) is 0 Å². The van der Waals surface area contributed by atoms with Gasteiger partial charge in [-0.05, 0) is 17.9 Å². The highest BCUT2D eigenvalue weighted by Crippen LogP contribution is 2.51. The third-order valence-corrected chi connectivity index (χ3v) is 5.12. The van der Waals surface area contributed by atoms with Gasteiger partial charge in [-0.2, -0.15) is 0 Å². The molecule has 4 nitrogen and oxygen atoms in total. The normalized spacial score (nSPS) is 30.2. The van der Waals surface area contributed by atoms with Gasteiger partial charge in [0.2, 0.25) is 0 Å². The fourth-order valence-corrected chi connectivity index (χ4v) is 3.73. The number of benzene rings is 1. The maximum absolute atomic E-state index is 11.7. The van der Waals surface area contributed by atoms with Crippen molar-refractivity contribution in [2.75, 3.05) is 26.2 Å². The van der Waals surface area contributed by atoms with Crippen LogP contribution in [0, 0.1) is 5.92 Å². The van der Waals surface area contributed by atoms with Gasteiger partial charge in [-0.3, -0.25) is 14.6 Å². The molecule has 0 radical (unpaired) electrons. The summed E-state index contributed by atoms with van der Waals surface area (Å²) in [6.45, 7) is 6.72. The molecule has 1 saturated heterocycles. The van der Waals surface area contributed by atoms with E-state index in [0.29, 0.717) is 5.92 Å². The average molecular weight is 288 g/mol. The Bertz CT molecular complexity index is 497. The largest absolute Gasteiger partial charge is 0.480 e. The Balaban J connectivity index is 1.57. The lowest BCUT2D eigenvalue weighted by atomic mass is 10.1. The number of rotatable bonds is 5. The maximum Gasteiger partial charge on any atom is 0.324 e. The Morgan fingerprint density at radius 3 is 2.43 bits per heavy atom. The summed E-state index contributed by atoms with van der Waals surface area (Å²) in [6, 6.07) is 10.5. The van der Waals surface area contributed by atoms with Crippen LogP contribution < -0.4 is 0 Å². The van der Waals surface area contributed by atoms with Crippen molar-refractivity contribution in [2.45, 2.75) is 31.8 Å². The van der Waals surface area contributed by atoms with Gasteiger partial charge in [-0.1, -0.05) is 43.7 Å². The van der Waals surface area contributed by atoms with Crippen LogP contribution in [0.1, 0.15) is 25.3 Å². The van der Waals surface area contributed by atoms with Crippen molar-refractivity contribution in [1.29, 1.82) is 0 Å². The molecule has 1 saturated carbocycles. The summed E-state index contributed by atoms with van der Waals surface area (Å²) in [5.41, 5.74) is 0.782. The minimum atomic E-state index is -0.620. The molecule has 0 amide bonds. The topological polar surface area (TPSA) is 43.8 Å². The molecule has 0 spiro atoms. The molecule has 2 atom stereocenters. The lowest BCUT2D eigenvalue weighted by molar-refractivity contribution is -0.147. The third kappa shape index (κ3) is 2.70. The van der Waals surface area contributed by atoms with Crippen molar-refractivity contribution < 1.29 is 9.90 Å². The SMILES string of the molecule is CCC1CC1(C(=O)O)N1CCN(Cc2ccccc2)CC1. The number of hydrogen-bond donors (Lipinski definition) is 1. The summed E-state index contributed by atoms with van der Waals surface area (Å²) in [6.07, 6.45) is 1.80. The highest BCUT2D eigenvalue weighted by molar-refractivity contribution is 5.83. The number of piperazine rings is 1. The van der Waals surface area contributed by atoms with Crippen molar-refractivity contribution in [1.82, 2.24) is 9.80 Å². The van der Waals surface area contributed by atoms with E-state index in [0.717, 1.165) is 45.6 Å². The molecular weight excluding hydrogens is 264 g/mol. The first-order valence-corrected chi connectivity index (χ1v) is 7.91. The van der Waals surface area contributed by atoms with Crippen molar-refractivity contribution in [3.63, 3.8) is 0 Å². The molecule has 3 rings (SSSR count). The van der Waals surface area contributed by atoms with E-state index < -0.39 is 11.5 Å². The van der Waals surface area contributed by atoms with E-state index >= 15 is 0 Å². The standard InChI is InChI=1S/C17H24N2O2/c1-2-15-12-17(15,16(20)21)19-10-8-18(9-11-19)13-14-6-4-3-5-7-14/h3-7,15H,2,8-13H2,1H3,(H,20,21). The van der Waals surface area contributed by atoms with Crippen LogP contribution in [0.4, 0.5) is 0 Å². The minimum Gasteiger partial charge on any atom is -0.480 e. The minimum absolute atomic E-state index is 0.343. The molecule has 2 fully saturated rings. The molecule has 21 heavy (non-hydrogen) atoms. The van der Waals surface area contributed by atoms with Crippen LogP contribution in [-0.2, 0) is 11.3 Å². The van der Waals surface area contributed by atoms with Gasteiger partial charge >= 0.3 is 5.97 Å². The number of carboxylic acid groups (broad SMARTS) is 1.